The van der Waals surface area contributed by atoms with E-state index in [1.165, 1.54) is 0 Å². The first-order valence-corrected chi connectivity index (χ1v) is 8.01. The van der Waals surface area contributed by atoms with Crippen LogP contribution in [0.2, 0.25) is 0 Å². The van der Waals surface area contributed by atoms with Crippen molar-refractivity contribution in [2.24, 2.45) is 0 Å². The van der Waals surface area contributed by atoms with Gasteiger partial charge in [0.15, 0.2) is 0 Å². The molecule has 1 saturated heterocycles. The Hall–Kier alpha value is -0.975. The Morgan fingerprint density at radius 1 is 1.19 bits per heavy atom. The number of benzene rings is 1. The number of carbonyl (C=O) groups is 1. The molecule has 114 valence electrons. The fraction of sp³-hybridized carbons (Fsp3) is 0.533. The number of carboxylic acids is 1. The van der Waals surface area contributed by atoms with Crippen LogP contribution in [-0.2, 0) is 9.31 Å². The van der Waals surface area contributed by atoms with E-state index in [1.807, 2.05) is 40.7 Å². The van der Waals surface area contributed by atoms with Crippen molar-refractivity contribution in [1.29, 1.82) is 0 Å². The summed E-state index contributed by atoms with van der Waals surface area (Å²) in [6.07, 6.45) is 0. The quantitative estimate of drug-likeness (QED) is 0.685. The molecule has 0 spiro atoms. The lowest BCUT2D eigenvalue weighted by Gasteiger charge is -2.32. The maximum absolute atomic E-state index is 11.3. The predicted octanol–water partition coefficient (Wildman–Crippen LogP) is 2.80. The van der Waals surface area contributed by atoms with Gasteiger partial charge in [0.1, 0.15) is 0 Å². The van der Waals surface area contributed by atoms with Gasteiger partial charge in [-0.25, -0.2) is 4.79 Å². The number of hydrogen-bond donors (Lipinski definition) is 1. The lowest BCUT2D eigenvalue weighted by molar-refractivity contribution is 0.00578. The van der Waals surface area contributed by atoms with E-state index in [4.69, 9.17) is 9.31 Å². The predicted molar refractivity (Wildman–Crippen MR) is 85.5 cm³/mol. The molecular weight excluding hydrogens is 287 g/mol. The van der Waals surface area contributed by atoms with Gasteiger partial charge in [-0.15, -0.1) is 11.8 Å². The fourth-order valence-electron chi connectivity index (χ4n) is 2.11. The third-order valence-electron chi connectivity index (χ3n) is 4.01. The van der Waals surface area contributed by atoms with Gasteiger partial charge in [-0.05, 0) is 57.1 Å². The minimum Gasteiger partial charge on any atom is -0.478 e. The Balaban J connectivity index is 2.38. The number of hydrogen-bond acceptors (Lipinski definition) is 4. The molecule has 4 nitrogen and oxygen atoms in total. The summed E-state index contributed by atoms with van der Waals surface area (Å²) >= 11 is 1.61. The Kier molecular flexibility index (Phi) is 4.43. The van der Waals surface area contributed by atoms with Gasteiger partial charge >= 0.3 is 13.1 Å². The van der Waals surface area contributed by atoms with Crippen molar-refractivity contribution >= 4 is 30.3 Å². The van der Waals surface area contributed by atoms with Gasteiger partial charge in [0.25, 0.3) is 0 Å². The normalized spacial score (nSPS) is 19.8. The zero-order chi connectivity index (χ0) is 15.8. The highest BCUT2D eigenvalue weighted by molar-refractivity contribution is 7.99. The molecule has 0 saturated carbocycles. The topological polar surface area (TPSA) is 55.8 Å². The Labute approximate surface area is 130 Å². The Morgan fingerprint density at radius 2 is 1.76 bits per heavy atom. The molecule has 6 heteroatoms. The Morgan fingerprint density at radius 3 is 2.24 bits per heavy atom. The van der Waals surface area contributed by atoms with Crippen molar-refractivity contribution in [3.8, 4) is 0 Å². The summed E-state index contributed by atoms with van der Waals surface area (Å²) in [5.74, 6) is -0.0578. The van der Waals surface area contributed by atoms with Gasteiger partial charge in [-0.1, -0.05) is 6.92 Å². The molecule has 1 aliphatic heterocycles. The van der Waals surface area contributed by atoms with Crippen LogP contribution in [0.1, 0.15) is 45.0 Å². The second-order valence-electron chi connectivity index (χ2n) is 6.12. The summed E-state index contributed by atoms with van der Waals surface area (Å²) in [6, 6.07) is 5.26. The molecule has 1 fully saturated rings. The summed E-state index contributed by atoms with van der Waals surface area (Å²) in [5.41, 5.74) is 0.145. The van der Waals surface area contributed by atoms with Gasteiger partial charge in [-0.2, -0.15) is 0 Å². The molecule has 0 aliphatic carbocycles. The highest BCUT2D eigenvalue weighted by atomic mass is 32.2. The molecule has 1 aromatic carbocycles. The van der Waals surface area contributed by atoms with Crippen LogP contribution in [0.4, 0.5) is 0 Å². The second-order valence-corrected chi connectivity index (χ2v) is 7.45. The average molecular weight is 308 g/mol. The van der Waals surface area contributed by atoms with E-state index in [-0.39, 0.29) is 5.56 Å². The van der Waals surface area contributed by atoms with Gasteiger partial charge in [-0.3, -0.25) is 0 Å². The summed E-state index contributed by atoms with van der Waals surface area (Å²) in [5, 5.41) is 9.26. The van der Waals surface area contributed by atoms with E-state index in [1.54, 1.807) is 23.9 Å². The van der Waals surface area contributed by atoms with Crippen molar-refractivity contribution in [2.45, 2.75) is 50.7 Å². The lowest BCUT2D eigenvalue weighted by atomic mass is 9.78. The van der Waals surface area contributed by atoms with Crippen molar-refractivity contribution in [2.75, 3.05) is 5.75 Å². The number of rotatable bonds is 4. The lowest BCUT2D eigenvalue weighted by Crippen LogP contribution is -2.41. The van der Waals surface area contributed by atoms with Crippen molar-refractivity contribution < 1.29 is 19.2 Å². The van der Waals surface area contributed by atoms with E-state index in [0.717, 1.165) is 16.1 Å². The fourth-order valence-corrected chi connectivity index (χ4v) is 2.87. The summed E-state index contributed by atoms with van der Waals surface area (Å²) in [4.78, 5) is 12.2. The average Bonchev–Trinajstić information content (AvgIpc) is 2.58. The number of aromatic carboxylic acids is 1. The molecule has 1 aromatic rings. The van der Waals surface area contributed by atoms with Crippen molar-refractivity contribution in [3.05, 3.63) is 23.8 Å². The summed E-state index contributed by atoms with van der Waals surface area (Å²) in [6.45, 7) is 9.96. The van der Waals surface area contributed by atoms with Crippen LogP contribution >= 0.6 is 11.8 Å². The molecule has 0 amide bonds. The molecule has 2 rings (SSSR count). The highest BCUT2D eigenvalue weighted by Crippen LogP contribution is 2.36. The molecule has 1 aliphatic rings. The van der Waals surface area contributed by atoms with Crippen LogP contribution in [0, 0.1) is 0 Å². The van der Waals surface area contributed by atoms with E-state index >= 15 is 0 Å². The smallest absolute Gasteiger partial charge is 0.478 e. The van der Waals surface area contributed by atoms with Crippen LogP contribution in [0.25, 0.3) is 0 Å². The molecule has 1 N–H and O–H groups in total. The summed E-state index contributed by atoms with van der Waals surface area (Å²) in [7, 11) is -0.537. The van der Waals surface area contributed by atoms with Crippen LogP contribution in [0.5, 0.6) is 0 Å². The first-order valence-electron chi connectivity index (χ1n) is 7.03. The van der Waals surface area contributed by atoms with Gasteiger partial charge in [0, 0.05) is 4.90 Å². The highest BCUT2D eigenvalue weighted by Gasteiger charge is 2.51. The maximum Gasteiger partial charge on any atom is 0.494 e. The van der Waals surface area contributed by atoms with Gasteiger partial charge in [0.2, 0.25) is 0 Å². The van der Waals surface area contributed by atoms with Crippen molar-refractivity contribution in [1.82, 2.24) is 0 Å². The van der Waals surface area contributed by atoms with E-state index in [9.17, 15) is 9.90 Å². The maximum atomic E-state index is 11.3. The minimum atomic E-state index is -0.939. The van der Waals surface area contributed by atoms with Crippen LogP contribution in [-0.4, -0.2) is 35.1 Å². The third kappa shape index (κ3) is 3.28. The monoisotopic (exact) mass is 308 g/mol. The number of carboxylic acid groups (broad SMARTS) is 1. The van der Waals surface area contributed by atoms with Gasteiger partial charge in [0.05, 0.1) is 16.8 Å². The van der Waals surface area contributed by atoms with E-state index in [2.05, 4.69) is 0 Å². The largest absolute Gasteiger partial charge is 0.494 e. The molecule has 1 heterocycles. The van der Waals surface area contributed by atoms with Crippen LogP contribution < -0.4 is 5.46 Å². The Bertz CT molecular complexity index is 541. The molecule has 0 atom stereocenters. The SMILES string of the molecule is CCSc1cc(B2OC(C)(C)C(C)(C)O2)cc(C(=O)O)c1. The molecule has 0 aromatic heterocycles. The standard InChI is InChI=1S/C15H21BO4S/c1-6-21-12-8-10(13(17)18)7-11(9-12)16-19-14(2,3)15(4,5)20-16/h7-9H,6H2,1-5H3,(H,17,18). The van der Waals surface area contributed by atoms with Crippen molar-refractivity contribution in [3.63, 3.8) is 0 Å². The second kappa shape index (κ2) is 5.67. The zero-order valence-electron chi connectivity index (χ0n) is 13.1. The zero-order valence-corrected chi connectivity index (χ0v) is 13.9. The minimum absolute atomic E-state index is 0.262. The van der Waals surface area contributed by atoms with E-state index in [0.29, 0.717) is 0 Å². The molecule has 0 radical (unpaired) electrons. The van der Waals surface area contributed by atoms with Crippen LogP contribution in [0.15, 0.2) is 23.1 Å². The van der Waals surface area contributed by atoms with E-state index < -0.39 is 24.3 Å². The van der Waals surface area contributed by atoms with Gasteiger partial charge < -0.3 is 14.4 Å². The molecule has 0 bridgehead atoms. The molecule has 0 unspecified atom stereocenters. The number of thioether (sulfide) groups is 1. The summed E-state index contributed by atoms with van der Waals surface area (Å²) < 4.78 is 12.0. The van der Waals surface area contributed by atoms with Crippen LogP contribution in [0.3, 0.4) is 0 Å². The third-order valence-corrected chi connectivity index (χ3v) is 4.87. The molecule has 21 heavy (non-hydrogen) atoms. The first-order chi connectivity index (χ1) is 9.66. The first kappa shape index (κ1) is 16.4. The molecular formula is C15H21BO4S.